The van der Waals surface area contributed by atoms with Crippen LogP contribution in [0.4, 0.5) is 0 Å². The lowest BCUT2D eigenvalue weighted by Gasteiger charge is -2.46. The molecule has 1 heterocycles. The number of aliphatic hydroxyl groups is 1. The molecule has 2 rings (SSSR count). The zero-order valence-electron chi connectivity index (χ0n) is 10.1. The largest absolute Gasteiger partial charge is 0.386 e. The number of hydrogen-bond donors (Lipinski definition) is 1. The molecule has 1 atom stereocenters. The van der Waals surface area contributed by atoms with Crippen molar-refractivity contribution in [3.05, 3.63) is 35.9 Å². The molecule has 1 aromatic carbocycles. The first-order valence-corrected chi connectivity index (χ1v) is 6.00. The maximum absolute atomic E-state index is 9.90. The van der Waals surface area contributed by atoms with Crippen LogP contribution in [0.15, 0.2) is 30.3 Å². The fourth-order valence-electron chi connectivity index (χ4n) is 2.45. The highest BCUT2D eigenvalue weighted by Gasteiger charge is 2.41. The monoisotopic (exact) mass is 230 g/mol. The van der Waals surface area contributed by atoms with E-state index in [1.165, 1.54) is 5.56 Å². The zero-order valence-corrected chi connectivity index (χ0v) is 10.1. The highest BCUT2D eigenvalue weighted by atomic mass is 16.3. The molecular formula is C14H18N2O. The summed E-state index contributed by atoms with van der Waals surface area (Å²) in [6.45, 7) is 4.38. The molecule has 0 saturated carbocycles. The van der Waals surface area contributed by atoms with Gasteiger partial charge < -0.3 is 5.11 Å². The van der Waals surface area contributed by atoms with Crippen LogP contribution in [-0.4, -0.2) is 35.2 Å². The van der Waals surface area contributed by atoms with Crippen LogP contribution in [0.25, 0.3) is 0 Å². The highest BCUT2D eigenvalue weighted by Crippen LogP contribution is 2.27. The van der Waals surface area contributed by atoms with Gasteiger partial charge in [-0.05, 0) is 11.5 Å². The maximum Gasteiger partial charge on any atom is 0.103 e. The van der Waals surface area contributed by atoms with Crippen molar-refractivity contribution in [1.29, 1.82) is 5.26 Å². The van der Waals surface area contributed by atoms with Gasteiger partial charge in [0.15, 0.2) is 0 Å². The fourth-order valence-corrected chi connectivity index (χ4v) is 2.45. The SMILES string of the molecule is C[C@@H](CN1CC(O)(CC#N)C1)c1ccccc1. The van der Waals surface area contributed by atoms with E-state index in [2.05, 4.69) is 24.0 Å². The quantitative estimate of drug-likeness (QED) is 0.857. The number of benzene rings is 1. The topological polar surface area (TPSA) is 47.3 Å². The van der Waals surface area contributed by atoms with E-state index in [0.29, 0.717) is 19.0 Å². The summed E-state index contributed by atoms with van der Waals surface area (Å²) in [6.07, 6.45) is 0.239. The lowest BCUT2D eigenvalue weighted by atomic mass is 9.89. The van der Waals surface area contributed by atoms with Crippen molar-refractivity contribution in [1.82, 2.24) is 4.90 Å². The Labute approximate surface area is 102 Å². The number of rotatable bonds is 4. The standard InChI is InChI=1S/C14H18N2O/c1-12(13-5-3-2-4-6-13)9-16-10-14(17,11-16)7-8-15/h2-6,12,17H,7,9-11H2,1H3/t12-/m0/s1. The molecule has 1 N–H and O–H groups in total. The van der Waals surface area contributed by atoms with Crippen molar-refractivity contribution in [3.8, 4) is 6.07 Å². The summed E-state index contributed by atoms with van der Waals surface area (Å²) in [5, 5.41) is 18.5. The average molecular weight is 230 g/mol. The molecule has 0 bridgehead atoms. The predicted molar refractivity (Wildman–Crippen MR) is 66.5 cm³/mol. The van der Waals surface area contributed by atoms with Gasteiger partial charge in [-0.2, -0.15) is 5.26 Å². The second-order valence-electron chi connectivity index (χ2n) is 5.04. The molecule has 90 valence electrons. The van der Waals surface area contributed by atoms with Crippen LogP contribution in [-0.2, 0) is 0 Å². The van der Waals surface area contributed by atoms with Gasteiger partial charge in [-0.3, -0.25) is 4.90 Å². The van der Waals surface area contributed by atoms with Gasteiger partial charge in [-0.15, -0.1) is 0 Å². The molecule has 1 aliphatic rings. The van der Waals surface area contributed by atoms with Crippen LogP contribution in [0.5, 0.6) is 0 Å². The van der Waals surface area contributed by atoms with Crippen molar-refractivity contribution < 1.29 is 5.11 Å². The first-order chi connectivity index (χ1) is 8.13. The van der Waals surface area contributed by atoms with E-state index in [1.807, 2.05) is 24.3 Å². The Morgan fingerprint density at radius 3 is 2.65 bits per heavy atom. The zero-order chi connectivity index (χ0) is 12.3. The molecule has 1 aliphatic heterocycles. The van der Waals surface area contributed by atoms with Crippen molar-refractivity contribution >= 4 is 0 Å². The molecule has 0 aromatic heterocycles. The molecule has 0 spiro atoms. The Balaban J connectivity index is 1.83. The average Bonchev–Trinajstić information content (AvgIpc) is 2.28. The van der Waals surface area contributed by atoms with Gasteiger partial charge in [0.1, 0.15) is 5.60 Å². The van der Waals surface area contributed by atoms with Crippen molar-refractivity contribution in [2.45, 2.75) is 24.9 Å². The number of hydrogen-bond acceptors (Lipinski definition) is 3. The van der Waals surface area contributed by atoms with Crippen LogP contribution in [0.3, 0.4) is 0 Å². The van der Waals surface area contributed by atoms with Crippen LogP contribution in [0, 0.1) is 11.3 Å². The third kappa shape index (κ3) is 2.85. The van der Waals surface area contributed by atoms with E-state index in [4.69, 9.17) is 5.26 Å². The maximum atomic E-state index is 9.90. The van der Waals surface area contributed by atoms with Crippen LogP contribution in [0.2, 0.25) is 0 Å². The summed E-state index contributed by atoms with van der Waals surface area (Å²) < 4.78 is 0. The normalized spacial score (nSPS) is 20.3. The third-order valence-corrected chi connectivity index (χ3v) is 3.34. The lowest BCUT2D eigenvalue weighted by molar-refractivity contribution is -0.0949. The second kappa shape index (κ2) is 4.87. The number of β-amino-alcohol motifs (C(OH)–C–C–N with tert-alkyl or cyclic N) is 1. The van der Waals surface area contributed by atoms with Gasteiger partial charge in [0.05, 0.1) is 12.5 Å². The van der Waals surface area contributed by atoms with E-state index in [-0.39, 0.29) is 6.42 Å². The predicted octanol–water partition coefficient (Wildman–Crippen LogP) is 1.75. The van der Waals surface area contributed by atoms with Gasteiger partial charge in [0.2, 0.25) is 0 Å². The molecule has 0 unspecified atom stereocenters. The molecule has 0 amide bonds. The summed E-state index contributed by atoms with van der Waals surface area (Å²) >= 11 is 0. The highest BCUT2D eigenvalue weighted by molar-refractivity contribution is 5.19. The van der Waals surface area contributed by atoms with Crippen LogP contribution in [0.1, 0.15) is 24.8 Å². The van der Waals surface area contributed by atoms with E-state index < -0.39 is 5.60 Å². The molecule has 3 nitrogen and oxygen atoms in total. The Hall–Kier alpha value is -1.37. The van der Waals surface area contributed by atoms with E-state index in [1.54, 1.807) is 0 Å². The minimum absolute atomic E-state index is 0.239. The first kappa shape index (κ1) is 12.1. The van der Waals surface area contributed by atoms with Crippen molar-refractivity contribution in [3.63, 3.8) is 0 Å². The number of likely N-dealkylation sites (tertiary alicyclic amines) is 1. The molecule has 3 heteroatoms. The molecule has 1 fully saturated rings. The number of nitrogens with zero attached hydrogens (tertiary/aromatic N) is 2. The fraction of sp³-hybridized carbons (Fsp3) is 0.500. The summed E-state index contributed by atoms with van der Waals surface area (Å²) in [5.74, 6) is 0.461. The molecule has 17 heavy (non-hydrogen) atoms. The minimum Gasteiger partial charge on any atom is -0.386 e. The van der Waals surface area contributed by atoms with Crippen molar-refractivity contribution in [2.75, 3.05) is 19.6 Å². The molecule has 1 saturated heterocycles. The van der Waals surface area contributed by atoms with Gasteiger partial charge in [0.25, 0.3) is 0 Å². The molecular weight excluding hydrogens is 212 g/mol. The summed E-state index contributed by atoms with van der Waals surface area (Å²) in [5.41, 5.74) is 0.564. The van der Waals surface area contributed by atoms with E-state index >= 15 is 0 Å². The van der Waals surface area contributed by atoms with Crippen LogP contribution >= 0.6 is 0 Å². The molecule has 0 aliphatic carbocycles. The Kier molecular flexibility index (Phi) is 3.46. The lowest BCUT2D eigenvalue weighted by Crippen LogP contribution is -2.62. The summed E-state index contributed by atoms with van der Waals surface area (Å²) in [7, 11) is 0. The van der Waals surface area contributed by atoms with E-state index in [9.17, 15) is 5.11 Å². The summed E-state index contributed by atoms with van der Waals surface area (Å²) in [4.78, 5) is 2.20. The van der Waals surface area contributed by atoms with E-state index in [0.717, 1.165) is 6.54 Å². The third-order valence-electron chi connectivity index (χ3n) is 3.34. The van der Waals surface area contributed by atoms with Gasteiger partial charge in [0, 0.05) is 19.6 Å². The van der Waals surface area contributed by atoms with Gasteiger partial charge in [-0.25, -0.2) is 0 Å². The molecule has 0 radical (unpaired) electrons. The van der Waals surface area contributed by atoms with Gasteiger partial charge >= 0.3 is 0 Å². The van der Waals surface area contributed by atoms with Crippen LogP contribution < -0.4 is 0 Å². The van der Waals surface area contributed by atoms with Gasteiger partial charge in [-0.1, -0.05) is 37.3 Å². The Morgan fingerprint density at radius 2 is 2.06 bits per heavy atom. The number of nitriles is 1. The first-order valence-electron chi connectivity index (χ1n) is 6.00. The Morgan fingerprint density at radius 1 is 1.41 bits per heavy atom. The smallest absolute Gasteiger partial charge is 0.103 e. The second-order valence-corrected chi connectivity index (χ2v) is 5.04. The summed E-state index contributed by atoms with van der Waals surface area (Å²) in [6, 6.07) is 12.4. The Bertz CT molecular complexity index is 404. The minimum atomic E-state index is -0.759. The molecule has 1 aromatic rings. The van der Waals surface area contributed by atoms with Crippen molar-refractivity contribution in [2.24, 2.45) is 0 Å².